The van der Waals surface area contributed by atoms with Crippen LogP contribution in [0.5, 0.6) is 5.88 Å². The molecule has 0 radical (unpaired) electrons. The smallest absolute Gasteiger partial charge is 0.266 e. The van der Waals surface area contributed by atoms with E-state index in [1.54, 1.807) is 5.01 Å². The second-order valence-corrected chi connectivity index (χ2v) is 5.48. The van der Waals surface area contributed by atoms with Gasteiger partial charge in [-0.3, -0.25) is 5.01 Å². The molecule has 112 valence electrons. The van der Waals surface area contributed by atoms with Gasteiger partial charge in [0.15, 0.2) is 5.82 Å². The number of ether oxygens (including phenoxy) is 1. The van der Waals surface area contributed by atoms with Crippen molar-refractivity contribution in [3.05, 3.63) is 42.0 Å². The lowest BCUT2D eigenvalue weighted by Gasteiger charge is -2.25. The highest BCUT2D eigenvalue weighted by molar-refractivity contribution is 5.97. The van der Waals surface area contributed by atoms with Gasteiger partial charge in [-0.15, -0.1) is 15.3 Å². The quantitative estimate of drug-likeness (QED) is 0.850. The SMILES string of the molecule is CN1N=C(c2ccccc2)Oc2nnc(N3CCCC3)cc21. The summed E-state index contributed by atoms with van der Waals surface area (Å²) in [6.07, 6.45) is 2.42. The summed E-state index contributed by atoms with van der Waals surface area (Å²) in [6.45, 7) is 2.08. The number of rotatable bonds is 2. The van der Waals surface area contributed by atoms with Crippen molar-refractivity contribution in [3.8, 4) is 5.88 Å². The molecule has 3 heterocycles. The van der Waals surface area contributed by atoms with Crippen molar-refractivity contribution in [3.63, 3.8) is 0 Å². The van der Waals surface area contributed by atoms with Gasteiger partial charge in [0.1, 0.15) is 5.69 Å². The minimum absolute atomic E-state index is 0.499. The molecule has 0 N–H and O–H groups in total. The number of aromatic nitrogens is 2. The molecular weight excluding hydrogens is 278 g/mol. The Morgan fingerprint density at radius 2 is 1.82 bits per heavy atom. The molecule has 0 saturated carbocycles. The Morgan fingerprint density at radius 3 is 2.59 bits per heavy atom. The lowest BCUT2D eigenvalue weighted by Crippen LogP contribution is -2.27. The molecule has 1 aromatic heterocycles. The van der Waals surface area contributed by atoms with Crippen molar-refractivity contribution in [1.82, 2.24) is 10.2 Å². The fraction of sp³-hybridized carbons (Fsp3) is 0.312. The Bertz CT molecular complexity index is 710. The normalized spacial score (nSPS) is 17.0. The van der Waals surface area contributed by atoms with Gasteiger partial charge in [0, 0.05) is 31.8 Å². The van der Waals surface area contributed by atoms with E-state index >= 15 is 0 Å². The molecule has 0 aliphatic carbocycles. The van der Waals surface area contributed by atoms with Crippen LogP contribution in [0.3, 0.4) is 0 Å². The van der Waals surface area contributed by atoms with Gasteiger partial charge in [-0.25, -0.2) is 0 Å². The largest absolute Gasteiger partial charge is 0.415 e. The monoisotopic (exact) mass is 295 g/mol. The Kier molecular flexibility index (Phi) is 3.14. The zero-order chi connectivity index (χ0) is 14.9. The van der Waals surface area contributed by atoms with Crippen LogP contribution in [0.25, 0.3) is 0 Å². The number of fused-ring (bicyclic) bond motifs is 1. The number of hydrazone groups is 1. The maximum absolute atomic E-state index is 5.82. The molecule has 4 rings (SSSR count). The van der Waals surface area contributed by atoms with Crippen LogP contribution in [0.4, 0.5) is 11.5 Å². The molecular formula is C16H17N5O. The molecule has 2 aliphatic rings. The first-order chi connectivity index (χ1) is 10.8. The average molecular weight is 295 g/mol. The number of hydrogen-bond acceptors (Lipinski definition) is 6. The van der Waals surface area contributed by atoms with Gasteiger partial charge in [0.2, 0.25) is 5.90 Å². The van der Waals surface area contributed by atoms with E-state index in [0.29, 0.717) is 11.8 Å². The third-order valence-corrected chi connectivity index (χ3v) is 3.96. The fourth-order valence-electron chi connectivity index (χ4n) is 2.77. The molecule has 2 aromatic rings. The third kappa shape index (κ3) is 2.26. The summed E-state index contributed by atoms with van der Waals surface area (Å²) in [5.41, 5.74) is 1.77. The summed E-state index contributed by atoms with van der Waals surface area (Å²) in [4.78, 5) is 2.25. The second-order valence-electron chi connectivity index (χ2n) is 5.48. The van der Waals surface area contributed by atoms with Gasteiger partial charge in [-0.1, -0.05) is 18.2 Å². The van der Waals surface area contributed by atoms with Crippen molar-refractivity contribution >= 4 is 17.4 Å². The Labute approximate surface area is 129 Å². The second kappa shape index (κ2) is 5.29. The first-order valence-electron chi connectivity index (χ1n) is 7.49. The molecule has 0 atom stereocenters. The molecule has 0 spiro atoms. The van der Waals surface area contributed by atoms with Crippen molar-refractivity contribution in [2.45, 2.75) is 12.8 Å². The summed E-state index contributed by atoms with van der Waals surface area (Å²) in [7, 11) is 1.90. The van der Waals surface area contributed by atoms with Crippen molar-refractivity contribution in [1.29, 1.82) is 0 Å². The predicted octanol–water partition coefficient (Wildman–Crippen LogP) is 2.27. The molecule has 0 unspecified atom stereocenters. The minimum atomic E-state index is 0.499. The van der Waals surface area contributed by atoms with Gasteiger partial charge in [0.05, 0.1) is 0 Å². The van der Waals surface area contributed by atoms with Crippen LogP contribution in [-0.4, -0.2) is 36.2 Å². The summed E-state index contributed by atoms with van der Waals surface area (Å²) >= 11 is 0. The molecule has 1 aromatic carbocycles. The number of nitrogens with zero attached hydrogens (tertiary/aromatic N) is 5. The van der Waals surface area contributed by atoms with Crippen LogP contribution < -0.4 is 14.6 Å². The summed E-state index contributed by atoms with van der Waals surface area (Å²) in [6, 6.07) is 11.8. The molecule has 0 amide bonds. The van der Waals surface area contributed by atoms with Crippen LogP contribution in [0, 0.1) is 0 Å². The van der Waals surface area contributed by atoms with Gasteiger partial charge < -0.3 is 9.64 Å². The lowest BCUT2D eigenvalue weighted by molar-refractivity contribution is 0.501. The van der Waals surface area contributed by atoms with E-state index in [9.17, 15) is 0 Å². The fourth-order valence-corrected chi connectivity index (χ4v) is 2.77. The van der Waals surface area contributed by atoms with E-state index in [4.69, 9.17) is 4.74 Å². The number of anilines is 2. The van der Waals surface area contributed by atoms with E-state index in [0.717, 1.165) is 30.2 Å². The Hall–Kier alpha value is -2.63. The summed E-state index contributed by atoms with van der Waals surface area (Å²) in [5.74, 6) is 1.93. The minimum Gasteiger partial charge on any atom is -0.415 e. The summed E-state index contributed by atoms with van der Waals surface area (Å²) < 4.78 is 5.82. The first-order valence-corrected chi connectivity index (χ1v) is 7.49. The molecule has 6 heteroatoms. The van der Waals surface area contributed by atoms with Crippen LogP contribution in [0.1, 0.15) is 18.4 Å². The molecule has 2 aliphatic heterocycles. The third-order valence-electron chi connectivity index (χ3n) is 3.96. The molecule has 6 nitrogen and oxygen atoms in total. The van der Waals surface area contributed by atoms with Crippen molar-refractivity contribution < 1.29 is 4.74 Å². The van der Waals surface area contributed by atoms with Crippen molar-refractivity contribution in [2.24, 2.45) is 5.10 Å². The topological polar surface area (TPSA) is 53.9 Å². The standard InChI is InChI=1S/C16H17N5O/c1-20-13-11-14(21-9-5-6-10-21)17-18-16(13)22-15(19-20)12-7-3-2-4-8-12/h2-4,7-8,11H,5-6,9-10H2,1H3. The highest BCUT2D eigenvalue weighted by Gasteiger charge is 2.24. The van der Waals surface area contributed by atoms with E-state index in [-0.39, 0.29) is 0 Å². The van der Waals surface area contributed by atoms with Gasteiger partial charge in [-0.05, 0) is 25.0 Å². The van der Waals surface area contributed by atoms with E-state index < -0.39 is 0 Å². The Morgan fingerprint density at radius 1 is 1.05 bits per heavy atom. The van der Waals surface area contributed by atoms with E-state index in [2.05, 4.69) is 20.2 Å². The van der Waals surface area contributed by atoms with Crippen LogP contribution in [0.15, 0.2) is 41.5 Å². The van der Waals surface area contributed by atoms with Crippen LogP contribution in [0.2, 0.25) is 0 Å². The first kappa shape index (κ1) is 13.1. The van der Waals surface area contributed by atoms with Crippen molar-refractivity contribution in [2.75, 3.05) is 30.0 Å². The zero-order valence-corrected chi connectivity index (χ0v) is 12.4. The maximum atomic E-state index is 5.82. The highest BCUT2D eigenvalue weighted by Crippen LogP contribution is 2.32. The molecule has 1 fully saturated rings. The van der Waals surface area contributed by atoms with Gasteiger partial charge in [0.25, 0.3) is 5.88 Å². The number of benzene rings is 1. The van der Waals surface area contributed by atoms with E-state index in [1.165, 1.54) is 12.8 Å². The zero-order valence-electron chi connectivity index (χ0n) is 12.4. The van der Waals surface area contributed by atoms with Crippen LogP contribution >= 0.6 is 0 Å². The highest BCUT2D eigenvalue weighted by atomic mass is 16.5. The maximum Gasteiger partial charge on any atom is 0.266 e. The molecule has 1 saturated heterocycles. The predicted molar refractivity (Wildman–Crippen MR) is 85.5 cm³/mol. The Balaban J connectivity index is 1.66. The summed E-state index contributed by atoms with van der Waals surface area (Å²) in [5, 5.41) is 14.9. The number of hydrogen-bond donors (Lipinski definition) is 0. The lowest BCUT2D eigenvalue weighted by atomic mass is 10.2. The molecule has 0 bridgehead atoms. The van der Waals surface area contributed by atoms with E-state index in [1.807, 2.05) is 43.4 Å². The average Bonchev–Trinajstić information content (AvgIpc) is 3.10. The van der Waals surface area contributed by atoms with Crippen LogP contribution in [-0.2, 0) is 0 Å². The van der Waals surface area contributed by atoms with Gasteiger partial charge in [-0.2, -0.15) is 0 Å². The molecule has 22 heavy (non-hydrogen) atoms. The van der Waals surface area contributed by atoms with Gasteiger partial charge >= 0.3 is 0 Å².